The fraction of sp³-hybridized carbons (Fsp3) is 0.0667. The zero-order valence-corrected chi connectivity index (χ0v) is 12.5. The van der Waals surface area contributed by atoms with Gasteiger partial charge in [-0.1, -0.05) is 29.8 Å². The average Bonchev–Trinajstić information content (AvgIpc) is 2.41. The van der Waals surface area contributed by atoms with Crippen molar-refractivity contribution in [1.82, 2.24) is 10.3 Å². The first kappa shape index (κ1) is 14.3. The van der Waals surface area contributed by atoms with Gasteiger partial charge in [-0.2, -0.15) is 0 Å². The first-order chi connectivity index (χ1) is 9.63. The number of nitrogens with zero attached hydrogens (tertiary/aromatic N) is 1. The van der Waals surface area contributed by atoms with Crippen molar-refractivity contribution in [3.8, 4) is 0 Å². The Morgan fingerprint density at radius 1 is 1.30 bits per heavy atom. The predicted octanol–water partition coefficient (Wildman–Crippen LogP) is 3.94. The molecule has 0 radical (unpaired) electrons. The molecule has 4 nitrogen and oxygen atoms in total. The quantitative estimate of drug-likeness (QED) is 0.894. The molecule has 0 aliphatic carbocycles. The lowest BCUT2D eigenvalue weighted by molar-refractivity contribution is 0.255. The van der Waals surface area contributed by atoms with Gasteiger partial charge in [0.1, 0.15) is 5.82 Å². The zero-order chi connectivity index (χ0) is 14.4. The zero-order valence-electron chi connectivity index (χ0n) is 10.9. The Morgan fingerprint density at radius 3 is 2.85 bits per heavy atom. The number of hydrogen-bond donors (Lipinski definition) is 2. The van der Waals surface area contributed by atoms with E-state index in [0.717, 1.165) is 10.0 Å². The number of amides is 2. The number of carbonyl (C=O) groups is 1. The molecule has 2 rings (SSSR count). The molecule has 0 aliphatic rings. The summed E-state index contributed by atoms with van der Waals surface area (Å²) >= 11 is 3.28. The Bertz CT molecular complexity index is 623. The number of benzene rings is 1. The summed E-state index contributed by atoms with van der Waals surface area (Å²) < 4.78 is 0.864. The van der Waals surface area contributed by atoms with Crippen LogP contribution in [0.15, 0.2) is 53.3 Å². The lowest BCUT2D eigenvalue weighted by Crippen LogP contribution is -2.24. The number of nitrogens with one attached hydrogen (secondary N) is 2. The Balaban J connectivity index is 1.87. The van der Waals surface area contributed by atoms with E-state index < -0.39 is 0 Å². The average molecular weight is 332 g/mol. The van der Waals surface area contributed by atoms with E-state index in [-0.39, 0.29) is 6.03 Å². The Kier molecular flexibility index (Phi) is 4.90. The van der Waals surface area contributed by atoms with Crippen LogP contribution >= 0.6 is 15.9 Å². The lowest BCUT2D eigenvalue weighted by Gasteiger charge is -2.03. The first-order valence-corrected chi connectivity index (χ1v) is 6.85. The van der Waals surface area contributed by atoms with E-state index in [2.05, 4.69) is 31.5 Å². The van der Waals surface area contributed by atoms with Crippen LogP contribution in [0.2, 0.25) is 0 Å². The van der Waals surface area contributed by atoms with E-state index in [0.29, 0.717) is 5.82 Å². The summed E-state index contributed by atoms with van der Waals surface area (Å²) in [6, 6.07) is 11.2. The van der Waals surface area contributed by atoms with E-state index >= 15 is 0 Å². The fourth-order valence-corrected chi connectivity index (χ4v) is 1.82. The molecular weight excluding hydrogens is 318 g/mol. The number of aromatic nitrogens is 1. The number of rotatable bonds is 3. The van der Waals surface area contributed by atoms with Crippen molar-refractivity contribution in [2.45, 2.75) is 6.92 Å². The molecule has 5 heteroatoms. The van der Waals surface area contributed by atoms with E-state index in [4.69, 9.17) is 0 Å². The van der Waals surface area contributed by atoms with Crippen LogP contribution in [-0.4, -0.2) is 11.0 Å². The van der Waals surface area contributed by atoms with Crippen LogP contribution in [0.4, 0.5) is 10.6 Å². The first-order valence-electron chi connectivity index (χ1n) is 6.06. The molecule has 2 amide bonds. The summed E-state index contributed by atoms with van der Waals surface area (Å²) in [7, 11) is 0. The number of anilines is 1. The van der Waals surface area contributed by atoms with Gasteiger partial charge in [-0.05, 0) is 46.6 Å². The Hall–Kier alpha value is -2.14. The van der Waals surface area contributed by atoms with Gasteiger partial charge in [0.25, 0.3) is 0 Å². The number of aryl methyl sites for hydroxylation is 1. The van der Waals surface area contributed by atoms with Crippen molar-refractivity contribution in [2.75, 3.05) is 5.32 Å². The molecule has 0 aliphatic heterocycles. The van der Waals surface area contributed by atoms with Gasteiger partial charge >= 0.3 is 6.03 Å². The molecule has 2 N–H and O–H groups in total. The number of pyridine rings is 1. The monoisotopic (exact) mass is 331 g/mol. The third-order valence-corrected chi connectivity index (χ3v) is 2.97. The highest BCUT2D eigenvalue weighted by Gasteiger charge is 1.99. The third kappa shape index (κ3) is 4.51. The number of halogens is 1. The molecule has 102 valence electrons. The molecule has 0 spiro atoms. The van der Waals surface area contributed by atoms with Crippen molar-refractivity contribution >= 4 is 33.9 Å². The van der Waals surface area contributed by atoms with Gasteiger partial charge in [-0.25, -0.2) is 9.78 Å². The van der Waals surface area contributed by atoms with Gasteiger partial charge in [-0.15, -0.1) is 0 Å². The second-order valence-electron chi connectivity index (χ2n) is 4.21. The summed E-state index contributed by atoms with van der Waals surface area (Å²) in [6.07, 6.45) is 5.06. The molecule has 0 saturated heterocycles. The smallest absolute Gasteiger partial charge is 0.314 e. The Labute approximate surface area is 126 Å². The number of carbonyl (C=O) groups excluding carboxylic acids is 1. The van der Waals surface area contributed by atoms with Crippen LogP contribution < -0.4 is 10.6 Å². The van der Waals surface area contributed by atoms with Gasteiger partial charge in [0.05, 0.1) is 0 Å². The summed E-state index contributed by atoms with van der Waals surface area (Å²) in [5, 5.41) is 5.26. The lowest BCUT2D eigenvalue weighted by atomic mass is 10.1. The van der Waals surface area contributed by atoms with Crippen molar-refractivity contribution < 1.29 is 4.79 Å². The minimum atomic E-state index is -0.330. The second-order valence-corrected chi connectivity index (χ2v) is 5.12. The normalized spacial score (nSPS) is 10.5. The predicted molar refractivity (Wildman–Crippen MR) is 84.3 cm³/mol. The molecule has 1 aromatic carbocycles. The minimum absolute atomic E-state index is 0.330. The van der Waals surface area contributed by atoms with Crippen molar-refractivity contribution in [3.63, 3.8) is 0 Å². The second kappa shape index (κ2) is 6.86. The van der Waals surface area contributed by atoms with Gasteiger partial charge in [0.2, 0.25) is 0 Å². The van der Waals surface area contributed by atoms with Crippen molar-refractivity contribution in [2.24, 2.45) is 0 Å². The highest BCUT2D eigenvalue weighted by Crippen LogP contribution is 2.10. The van der Waals surface area contributed by atoms with Gasteiger partial charge in [-0.3, -0.25) is 5.32 Å². The SMILES string of the molecule is Cc1cccc(/C=C/NC(=O)Nc2ccc(Br)cn2)c1. The summed E-state index contributed by atoms with van der Waals surface area (Å²) in [5.74, 6) is 0.495. The highest BCUT2D eigenvalue weighted by molar-refractivity contribution is 9.10. The van der Waals surface area contributed by atoms with Crippen LogP contribution in [0.1, 0.15) is 11.1 Å². The molecule has 1 aromatic heterocycles. The van der Waals surface area contributed by atoms with Crippen LogP contribution in [0, 0.1) is 6.92 Å². The maximum Gasteiger partial charge on any atom is 0.324 e. The third-order valence-electron chi connectivity index (χ3n) is 2.50. The summed E-state index contributed by atoms with van der Waals surface area (Å²) in [4.78, 5) is 15.7. The van der Waals surface area contributed by atoms with Gasteiger partial charge in [0, 0.05) is 16.9 Å². The van der Waals surface area contributed by atoms with Crippen molar-refractivity contribution in [3.05, 3.63) is 64.4 Å². The highest BCUT2D eigenvalue weighted by atomic mass is 79.9. The van der Waals surface area contributed by atoms with E-state index in [1.165, 1.54) is 5.56 Å². The van der Waals surface area contributed by atoms with E-state index in [1.54, 1.807) is 18.5 Å². The largest absolute Gasteiger partial charge is 0.324 e. The van der Waals surface area contributed by atoms with Crippen molar-refractivity contribution in [1.29, 1.82) is 0 Å². The van der Waals surface area contributed by atoms with Crippen LogP contribution in [0.25, 0.3) is 6.08 Å². The maximum absolute atomic E-state index is 11.6. The maximum atomic E-state index is 11.6. The molecule has 1 heterocycles. The molecule has 0 unspecified atom stereocenters. The molecule has 20 heavy (non-hydrogen) atoms. The molecule has 0 atom stereocenters. The van der Waals surface area contributed by atoms with E-state index in [9.17, 15) is 4.79 Å². The molecule has 2 aromatic rings. The number of hydrogen-bond acceptors (Lipinski definition) is 2. The van der Waals surface area contributed by atoms with Crippen LogP contribution in [0.3, 0.4) is 0 Å². The molecular formula is C15H14BrN3O. The fourth-order valence-electron chi connectivity index (χ4n) is 1.59. The van der Waals surface area contributed by atoms with Gasteiger partial charge in [0.15, 0.2) is 0 Å². The standard InChI is InChI=1S/C15H14BrN3O/c1-11-3-2-4-12(9-11)7-8-17-15(20)19-14-6-5-13(16)10-18-14/h2-10H,1H3,(H2,17,18,19,20)/b8-7+. The summed E-state index contributed by atoms with van der Waals surface area (Å²) in [6.45, 7) is 2.02. The Morgan fingerprint density at radius 2 is 2.15 bits per heavy atom. The minimum Gasteiger partial charge on any atom is -0.314 e. The number of urea groups is 1. The van der Waals surface area contributed by atoms with Crippen LogP contribution in [0.5, 0.6) is 0 Å². The topological polar surface area (TPSA) is 54.0 Å². The van der Waals surface area contributed by atoms with Crippen LogP contribution in [-0.2, 0) is 0 Å². The molecule has 0 fully saturated rings. The van der Waals surface area contributed by atoms with Gasteiger partial charge < -0.3 is 5.32 Å². The molecule has 0 bridgehead atoms. The summed E-state index contributed by atoms with van der Waals surface area (Å²) in [5.41, 5.74) is 2.21. The van der Waals surface area contributed by atoms with E-state index in [1.807, 2.05) is 43.3 Å². The molecule has 0 saturated carbocycles.